The Morgan fingerprint density at radius 2 is 1.85 bits per heavy atom. The molecule has 0 aliphatic rings. The normalized spacial score (nSPS) is 10.8. The van der Waals surface area contributed by atoms with E-state index in [1.807, 2.05) is 0 Å². The average molecular weight is 341 g/mol. The number of anilines is 1. The maximum Gasteiger partial charge on any atom is 0.319 e. The zero-order chi connectivity index (χ0) is 15.3. The number of benzene rings is 1. The van der Waals surface area contributed by atoms with Crippen LogP contribution >= 0.6 is 15.9 Å². The molecule has 5 nitrogen and oxygen atoms in total. The molecule has 20 heavy (non-hydrogen) atoms. The lowest BCUT2D eigenvalue weighted by Gasteiger charge is -2.19. The Hall–Kier alpha value is -1.82. The number of aliphatic carboxylic acids is 1. The third-order valence-corrected chi connectivity index (χ3v) is 3.12. The molecule has 0 radical (unpaired) electrons. The lowest BCUT2D eigenvalue weighted by Crippen LogP contribution is -2.30. The number of hydrogen-bond donors (Lipinski definition) is 3. The summed E-state index contributed by atoms with van der Waals surface area (Å²) in [7, 11) is 0. The van der Waals surface area contributed by atoms with Crippen LogP contribution in [0.4, 0.5) is 10.5 Å². The first-order valence-corrected chi connectivity index (χ1v) is 6.75. The van der Waals surface area contributed by atoms with Gasteiger partial charge in [0.05, 0.1) is 12.0 Å². The van der Waals surface area contributed by atoms with Crippen LogP contribution < -0.4 is 10.6 Å². The summed E-state index contributed by atoms with van der Waals surface area (Å²) in [5.41, 5.74) is 0.298. The molecule has 0 atom stereocenters. The molecule has 1 rings (SSSR count). The van der Waals surface area contributed by atoms with Gasteiger partial charge in [0, 0.05) is 10.2 Å². The second-order valence-electron chi connectivity index (χ2n) is 4.83. The molecule has 0 fully saturated rings. The highest BCUT2D eigenvalue weighted by molar-refractivity contribution is 9.11. The SMILES string of the molecule is C=C(Br)CNC(=O)Nc1ccc(C(C)(C)C(=O)O)cc1. The second-order valence-corrected chi connectivity index (χ2v) is 5.95. The van der Waals surface area contributed by atoms with Gasteiger partial charge in [-0.05, 0) is 31.5 Å². The second kappa shape index (κ2) is 6.56. The quantitative estimate of drug-likeness (QED) is 0.770. The minimum Gasteiger partial charge on any atom is -0.481 e. The van der Waals surface area contributed by atoms with Gasteiger partial charge in [-0.25, -0.2) is 4.79 Å². The molecular weight excluding hydrogens is 324 g/mol. The molecule has 0 heterocycles. The molecule has 108 valence electrons. The van der Waals surface area contributed by atoms with Crippen molar-refractivity contribution in [3.63, 3.8) is 0 Å². The van der Waals surface area contributed by atoms with Crippen LogP contribution in [0.2, 0.25) is 0 Å². The first-order chi connectivity index (χ1) is 9.23. The number of hydrogen-bond acceptors (Lipinski definition) is 2. The van der Waals surface area contributed by atoms with Gasteiger partial charge >= 0.3 is 12.0 Å². The number of urea groups is 1. The lowest BCUT2D eigenvalue weighted by molar-refractivity contribution is -0.142. The van der Waals surface area contributed by atoms with E-state index in [9.17, 15) is 9.59 Å². The molecule has 0 spiro atoms. The van der Waals surface area contributed by atoms with Crippen LogP contribution in [0.5, 0.6) is 0 Å². The number of nitrogens with one attached hydrogen (secondary N) is 2. The lowest BCUT2D eigenvalue weighted by atomic mass is 9.85. The van der Waals surface area contributed by atoms with Crippen LogP contribution in [-0.2, 0) is 10.2 Å². The number of halogens is 1. The molecular formula is C14H17BrN2O3. The van der Waals surface area contributed by atoms with Crippen molar-refractivity contribution in [1.29, 1.82) is 0 Å². The molecule has 0 aliphatic carbocycles. The fourth-order valence-electron chi connectivity index (χ4n) is 1.45. The molecule has 0 aliphatic heterocycles. The monoisotopic (exact) mass is 340 g/mol. The summed E-state index contributed by atoms with van der Waals surface area (Å²) >= 11 is 3.14. The number of carbonyl (C=O) groups excluding carboxylic acids is 1. The van der Waals surface area contributed by atoms with Gasteiger partial charge in [-0.2, -0.15) is 0 Å². The summed E-state index contributed by atoms with van der Waals surface area (Å²) in [6.45, 7) is 7.20. The summed E-state index contributed by atoms with van der Waals surface area (Å²) in [5.74, 6) is -0.896. The molecule has 6 heteroatoms. The van der Waals surface area contributed by atoms with Crippen LogP contribution in [0.15, 0.2) is 35.3 Å². The van der Waals surface area contributed by atoms with E-state index in [0.717, 1.165) is 0 Å². The van der Waals surface area contributed by atoms with Crippen molar-refractivity contribution in [2.24, 2.45) is 0 Å². The number of rotatable bonds is 5. The van der Waals surface area contributed by atoms with E-state index in [1.54, 1.807) is 38.1 Å². The number of carboxylic acids is 1. The minimum absolute atomic E-state index is 0.329. The van der Waals surface area contributed by atoms with Gasteiger partial charge in [0.2, 0.25) is 0 Å². The molecule has 0 unspecified atom stereocenters. The third-order valence-electron chi connectivity index (χ3n) is 2.84. The minimum atomic E-state index is -0.964. The fraction of sp³-hybridized carbons (Fsp3) is 0.286. The van der Waals surface area contributed by atoms with E-state index >= 15 is 0 Å². The number of carboxylic acid groups (broad SMARTS) is 1. The zero-order valence-electron chi connectivity index (χ0n) is 11.4. The maximum atomic E-state index is 11.5. The Bertz CT molecular complexity index is 524. The van der Waals surface area contributed by atoms with Gasteiger partial charge in [-0.1, -0.05) is 34.6 Å². The molecule has 0 aromatic heterocycles. The first kappa shape index (κ1) is 16.2. The number of amides is 2. The average Bonchev–Trinajstić information content (AvgIpc) is 2.37. The molecule has 0 saturated carbocycles. The van der Waals surface area contributed by atoms with Crippen LogP contribution in [0.1, 0.15) is 19.4 Å². The van der Waals surface area contributed by atoms with Gasteiger partial charge in [-0.3, -0.25) is 4.79 Å². The van der Waals surface area contributed by atoms with E-state index in [2.05, 4.69) is 33.1 Å². The van der Waals surface area contributed by atoms with Gasteiger partial charge in [0.1, 0.15) is 0 Å². The van der Waals surface area contributed by atoms with Crippen LogP contribution in [0.3, 0.4) is 0 Å². The molecule has 1 aromatic carbocycles. The Kier molecular flexibility index (Phi) is 5.33. The topological polar surface area (TPSA) is 78.4 Å². The molecule has 3 N–H and O–H groups in total. The Balaban J connectivity index is 2.70. The maximum absolute atomic E-state index is 11.5. The van der Waals surface area contributed by atoms with Gasteiger partial charge in [-0.15, -0.1) is 0 Å². The van der Waals surface area contributed by atoms with Crippen molar-refractivity contribution in [3.8, 4) is 0 Å². The van der Waals surface area contributed by atoms with Crippen molar-refractivity contribution in [1.82, 2.24) is 5.32 Å². The molecule has 1 aromatic rings. The van der Waals surface area contributed by atoms with Gasteiger partial charge < -0.3 is 15.7 Å². The Labute approximate surface area is 126 Å². The van der Waals surface area contributed by atoms with Crippen molar-refractivity contribution in [2.45, 2.75) is 19.3 Å². The Morgan fingerprint density at radius 1 is 1.30 bits per heavy atom. The summed E-state index contributed by atoms with van der Waals surface area (Å²) in [4.78, 5) is 22.7. The van der Waals surface area contributed by atoms with E-state index in [4.69, 9.17) is 5.11 Å². The van der Waals surface area contributed by atoms with Gasteiger partial charge in [0.25, 0.3) is 0 Å². The van der Waals surface area contributed by atoms with Crippen molar-refractivity contribution in [2.75, 3.05) is 11.9 Å². The highest BCUT2D eigenvalue weighted by Gasteiger charge is 2.29. The van der Waals surface area contributed by atoms with Crippen molar-refractivity contribution >= 4 is 33.6 Å². The summed E-state index contributed by atoms with van der Waals surface area (Å²) < 4.78 is 0.672. The Morgan fingerprint density at radius 3 is 2.30 bits per heavy atom. The highest BCUT2D eigenvalue weighted by atomic mass is 79.9. The zero-order valence-corrected chi connectivity index (χ0v) is 13.0. The standard InChI is InChI=1S/C14H17BrN2O3/c1-9(15)8-16-13(20)17-11-6-4-10(5-7-11)14(2,3)12(18)19/h4-7H,1,8H2,2-3H3,(H,18,19)(H2,16,17,20). The summed E-state index contributed by atoms with van der Waals surface area (Å²) in [5, 5.41) is 14.4. The van der Waals surface area contributed by atoms with Crippen LogP contribution in [0.25, 0.3) is 0 Å². The van der Waals surface area contributed by atoms with Crippen molar-refractivity contribution in [3.05, 3.63) is 40.9 Å². The predicted octanol–water partition coefficient (Wildman–Crippen LogP) is 3.08. The molecule has 0 saturated heterocycles. The van der Waals surface area contributed by atoms with Gasteiger partial charge in [0.15, 0.2) is 0 Å². The smallest absolute Gasteiger partial charge is 0.319 e. The third kappa shape index (κ3) is 4.38. The summed E-state index contributed by atoms with van der Waals surface area (Å²) in [6, 6.07) is 6.36. The molecule has 0 bridgehead atoms. The fourth-order valence-corrected chi connectivity index (χ4v) is 1.59. The van der Waals surface area contributed by atoms with E-state index in [0.29, 0.717) is 22.3 Å². The highest BCUT2D eigenvalue weighted by Crippen LogP contribution is 2.24. The largest absolute Gasteiger partial charge is 0.481 e. The van der Waals surface area contributed by atoms with Crippen LogP contribution in [-0.4, -0.2) is 23.7 Å². The van der Waals surface area contributed by atoms with Crippen LogP contribution in [0, 0.1) is 0 Å². The van der Waals surface area contributed by atoms with E-state index < -0.39 is 11.4 Å². The van der Waals surface area contributed by atoms with E-state index in [-0.39, 0.29) is 6.03 Å². The first-order valence-electron chi connectivity index (χ1n) is 5.95. The summed E-state index contributed by atoms with van der Waals surface area (Å²) in [6.07, 6.45) is 0. The molecule has 2 amide bonds. The van der Waals surface area contributed by atoms with E-state index in [1.165, 1.54) is 0 Å². The number of carbonyl (C=O) groups is 2. The predicted molar refractivity (Wildman–Crippen MR) is 82.2 cm³/mol. The van der Waals surface area contributed by atoms with Crippen molar-refractivity contribution < 1.29 is 14.7 Å².